The van der Waals surface area contributed by atoms with E-state index in [9.17, 15) is 9.18 Å². The maximum atomic E-state index is 13.4. The Kier molecular flexibility index (Phi) is 2.71. The third kappa shape index (κ3) is 2.65. The van der Waals surface area contributed by atoms with Gasteiger partial charge in [0.05, 0.1) is 22.2 Å². The van der Waals surface area contributed by atoms with Crippen molar-refractivity contribution in [2.75, 3.05) is 13.6 Å². The third-order valence-corrected chi connectivity index (χ3v) is 2.03. The van der Waals surface area contributed by atoms with Crippen LogP contribution in [0.5, 0.6) is 5.88 Å². The number of ether oxygens (including phenoxy) is 2. The van der Waals surface area contributed by atoms with Crippen LogP contribution >= 0.6 is 15.9 Å². The minimum absolute atomic E-state index is 0.0100. The van der Waals surface area contributed by atoms with Crippen molar-refractivity contribution in [3.05, 3.63) is 22.1 Å². The van der Waals surface area contributed by atoms with Gasteiger partial charge in [0.25, 0.3) is 0 Å². The molecule has 1 rings (SSSR count). The smallest absolute Gasteiger partial charge is 0.360 e. The van der Waals surface area contributed by atoms with Gasteiger partial charge in [0, 0.05) is 0 Å². The van der Waals surface area contributed by atoms with Crippen molar-refractivity contribution in [1.29, 1.82) is 0 Å². The zero-order valence-electron chi connectivity index (χ0n) is 10.7. The van der Waals surface area contributed by atoms with Crippen LogP contribution < -0.4 is 4.74 Å². The molecule has 0 aromatic carbocycles. The summed E-state index contributed by atoms with van der Waals surface area (Å²) in [5.41, 5.74) is -0.626. The lowest BCUT2D eigenvalue weighted by Gasteiger charge is -2.06. The van der Waals surface area contributed by atoms with Crippen molar-refractivity contribution in [1.82, 2.24) is 4.98 Å². The molecule has 0 amide bonds. The fraction of sp³-hybridized carbons (Fsp3) is 0.333. The van der Waals surface area contributed by atoms with Crippen molar-refractivity contribution in [3.8, 4) is 5.88 Å². The number of nitrogens with zero attached hydrogens (tertiary/aromatic N) is 1. The Labute approximate surface area is 98.7 Å². The largest absolute Gasteiger partial charge is 0.480 e. The predicted octanol–water partition coefficient (Wildman–Crippen LogP) is 2.17. The Balaban J connectivity index is 3.14. The highest BCUT2D eigenvalue weighted by Gasteiger charge is 2.18. The van der Waals surface area contributed by atoms with Crippen LogP contribution in [0.1, 0.15) is 21.5 Å². The van der Waals surface area contributed by atoms with E-state index in [1.165, 1.54) is 0 Å². The number of hydrogen-bond donors (Lipinski definition) is 0. The van der Waals surface area contributed by atoms with Crippen LogP contribution in [-0.2, 0) is 4.74 Å². The molecule has 0 aliphatic rings. The molecule has 0 atom stereocenters. The van der Waals surface area contributed by atoms with E-state index < -0.39 is 30.4 Å². The van der Waals surface area contributed by atoms with E-state index in [-0.39, 0.29) is 11.1 Å². The molecule has 0 radical (unpaired) electrons. The molecule has 0 spiro atoms. The first-order chi connectivity index (χ1) is 8.24. The highest BCUT2D eigenvalue weighted by Crippen LogP contribution is 2.24. The highest BCUT2D eigenvalue weighted by atomic mass is 79.9. The van der Waals surface area contributed by atoms with Gasteiger partial charge in [0.2, 0.25) is 5.88 Å². The zero-order valence-corrected chi connectivity index (χ0v) is 9.30. The number of carbonyl (C=O) groups is 1. The lowest BCUT2D eigenvalue weighted by atomic mass is 10.3. The summed E-state index contributed by atoms with van der Waals surface area (Å²) in [6.07, 6.45) is 0. The quantitative estimate of drug-likeness (QED) is 0.797. The number of esters is 1. The molecule has 0 saturated heterocycles. The van der Waals surface area contributed by atoms with E-state index in [1.54, 1.807) is 6.92 Å². The first-order valence-electron chi connectivity index (χ1n) is 5.46. The van der Waals surface area contributed by atoms with Gasteiger partial charge in [-0.3, -0.25) is 0 Å². The van der Waals surface area contributed by atoms with Crippen molar-refractivity contribution in [2.45, 2.75) is 6.92 Å². The van der Waals surface area contributed by atoms with E-state index in [1.807, 2.05) is 0 Å². The Morgan fingerprint density at radius 3 is 3.13 bits per heavy atom. The molecule has 0 saturated carbocycles. The van der Waals surface area contributed by atoms with Crippen LogP contribution in [0.15, 0.2) is 10.5 Å². The van der Waals surface area contributed by atoms with Gasteiger partial charge in [-0.2, -0.15) is 0 Å². The number of aromatic nitrogens is 1. The molecule has 0 aliphatic carbocycles. The van der Waals surface area contributed by atoms with Crippen LogP contribution in [0.4, 0.5) is 4.39 Å². The summed E-state index contributed by atoms with van der Waals surface area (Å²) in [5, 5.41) is 0. The molecule has 0 unspecified atom stereocenters. The molecule has 1 aromatic rings. The summed E-state index contributed by atoms with van der Waals surface area (Å²) in [5.74, 6) is -2.32. The van der Waals surface area contributed by atoms with Gasteiger partial charge >= 0.3 is 5.97 Å². The second-order valence-electron chi connectivity index (χ2n) is 2.43. The van der Waals surface area contributed by atoms with Crippen LogP contribution in [0, 0.1) is 5.82 Å². The second-order valence-corrected chi connectivity index (χ2v) is 3.28. The number of carbonyl (C=O) groups excluding carboxylic acids is 1. The molecule has 1 heterocycles. The van der Waals surface area contributed by atoms with E-state index in [4.69, 9.17) is 4.11 Å². The normalized spacial score (nSPS) is 13.7. The lowest BCUT2D eigenvalue weighted by Crippen LogP contribution is -2.10. The molecular formula is C9H9BrFNO3. The van der Waals surface area contributed by atoms with Gasteiger partial charge in [-0.1, -0.05) is 0 Å². The van der Waals surface area contributed by atoms with E-state index >= 15 is 0 Å². The van der Waals surface area contributed by atoms with Gasteiger partial charge in [0.15, 0.2) is 11.5 Å². The number of pyridine rings is 1. The average molecular weight is 281 g/mol. The fourth-order valence-corrected chi connectivity index (χ4v) is 1.23. The molecule has 0 aliphatic heterocycles. The monoisotopic (exact) mass is 280 g/mol. The van der Waals surface area contributed by atoms with E-state index in [0.29, 0.717) is 0 Å². The molecule has 0 fully saturated rings. The van der Waals surface area contributed by atoms with Gasteiger partial charge in [-0.15, -0.1) is 0 Å². The third-order valence-electron chi connectivity index (χ3n) is 1.46. The Morgan fingerprint density at radius 2 is 2.53 bits per heavy atom. The average Bonchev–Trinajstić information content (AvgIpc) is 2.20. The molecule has 0 bridgehead atoms. The predicted molar refractivity (Wildman–Crippen MR) is 54.4 cm³/mol. The van der Waals surface area contributed by atoms with Gasteiger partial charge < -0.3 is 9.47 Å². The standard InChI is InChI=1S/C9H9BrFNO3/c1-3-15-9(13)7-6(11)4-5(10)8(12-7)14-2/h4H,3H2,1-2H3/i2D3. The fourth-order valence-electron chi connectivity index (χ4n) is 0.864. The molecule has 4 nitrogen and oxygen atoms in total. The maximum Gasteiger partial charge on any atom is 0.360 e. The van der Waals surface area contributed by atoms with Crippen molar-refractivity contribution < 1.29 is 22.8 Å². The molecule has 1 aromatic heterocycles. The van der Waals surface area contributed by atoms with Crippen LogP contribution in [-0.4, -0.2) is 24.6 Å². The minimum Gasteiger partial charge on any atom is -0.480 e. The number of rotatable bonds is 3. The highest BCUT2D eigenvalue weighted by molar-refractivity contribution is 9.10. The Hall–Kier alpha value is -1.17. The second kappa shape index (κ2) is 5.06. The van der Waals surface area contributed by atoms with Crippen LogP contribution in [0.3, 0.4) is 0 Å². The lowest BCUT2D eigenvalue weighted by molar-refractivity contribution is 0.0512. The minimum atomic E-state index is -2.75. The van der Waals surface area contributed by atoms with E-state index in [0.717, 1.165) is 6.07 Å². The van der Waals surface area contributed by atoms with Crippen molar-refractivity contribution in [3.63, 3.8) is 0 Å². The Morgan fingerprint density at radius 1 is 1.80 bits per heavy atom. The summed E-state index contributed by atoms with van der Waals surface area (Å²) in [4.78, 5) is 14.9. The zero-order chi connectivity index (χ0) is 13.9. The van der Waals surface area contributed by atoms with Crippen LogP contribution in [0.25, 0.3) is 0 Å². The van der Waals surface area contributed by atoms with Gasteiger partial charge in [-0.25, -0.2) is 14.2 Å². The molecule has 0 N–H and O–H groups in total. The Bertz CT molecular complexity index is 467. The molecular weight excluding hydrogens is 269 g/mol. The first-order valence-corrected chi connectivity index (χ1v) is 4.76. The van der Waals surface area contributed by atoms with Crippen molar-refractivity contribution >= 4 is 21.9 Å². The number of halogens is 2. The van der Waals surface area contributed by atoms with Gasteiger partial charge in [0.1, 0.15) is 0 Å². The van der Waals surface area contributed by atoms with Gasteiger partial charge in [-0.05, 0) is 28.9 Å². The summed E-state index contributed by atoms with van der Waals surface area (Å²) >= 11 is 2.89. The summed E-state index contributed by atoms with van der Waals surface area (Å²) in [6, 6.07) is 0.889. The molecule has 6 heteroatoms. The summed E-state index contributed by atoms with van der Waals surface area (Å²) in [7, 11) is -2.75. The summed E-state index contributed by atoms with van der Waals surface area (Å²) < 4.78 is 43.3. The van der Waals surface area contributed by atoms with E-state index in [2.05, 4.69) is 30.4 Å². The van der Waals surface area contributed by atoms with Crippen LogP contribution in [0.2, 0.25) is 0 Å². The SMILES string of the molecule is [2H]C([2H])([2H])Oc1nc(C(=O)OCC)c(F)cc1Br. The molecule has 82 valence electrons. The number of methoxy groups -OCH3 is 1. The number of hydrogen-bond acceptors (Lipinski definition) is 4. The maximum absolute atomic E-state index is 13.4. The first kappa shape index (κ1) is 8.04. The summed E-state index contributed by atoms with van der Waals surface area (Å²) in [6.45, 7) is 1.60. The topological polar surface area (TPSA) is 48.4 Å². The molecule has 15 heavy (non-hydrogen) atoms. The van der Waals surface area contributed by atoms with Crippen molar-refractivity contribution in [2.24, 2.45) is 0 Å².